The Kier molecular flexibility index (Phi) is 7.18. The largest absolute Gasteiger partial charge is 0.309 e. The van der Waals surface area contributed by atoms with Crippen LogP contribution in [0.5, 0.6) is 0 Å². The van der Waals surface area contributed by atoms with E-state index >= 15 is 0 Å². The monoisotopic (exact) mass is 624 g/mol. The lowest BCUT2D eigenvalue weighted by Gasteiger charge is -2.25. The van der Waals surface area contributed by atoms with Crippen molar-refractivity contribution in [1.82, 2.24) is 4.98 Å². The van der Waals surface area contributed by atoms with Crippen molar-refractivity contribution in [1.29, 1.82) is 0 Å². The molecule has 2 heteroatoms. The van der Waals surface area contributed by atoms with Crippen molar-refractivity contribution in [2.45, 2.75) is 0 Å². The van der Waals surface area contributed by atoms with E-state index in [4.69, 9.17) is 0 Å². The van der Waals surface area contributed by atoms with E-state index in [2.05, 4.69) is 180 Å². The summed E-state index contributed by atoms with van der Waals surface area (Å²) in [6, 6.07) is 65.5. The minimum Gasteiger partial charge on any atom is -0.309 e. The van der Waals surface area contributed by atoms with Gasteiger partial charge in [0.1, 0.15) is 0 Å². The van der Waals surface area contributed by atoms with Gasteiger partial charge in [-0.05, 0) is 102 Å². The van der Waals surface area contributed by atoms with Crippen LogP contribution in [0, 0.1) is 0 Å². The first-order valence-electron chi connectivity index (χ1n) is 16.7. The Labute approximate surface area is 286 Å². The van der Waals surface area contributed by atoms with Crippen molar-refractivity contribution < 1.29 is 0 Å². The molecule has 0 fully saturated rings. The highest BCUT2D eigenvalue weighted by Crippen LogP contribution is 2.45. The van der Waals surface area contributed by atoms with Crippen LogP contribution in [-0.4, -0.2) is 4.98 Å². The second-order valence-corrected chi connectivity index (χ2v) is 12.4. The van der Waals surface area contributed by atoms with Crippen molar-refractivity contribution >= 4 is 49.4 Å². The molecule has 0 unspecified atom stereocenters. The minimum absolute atomic E-state index is 1.02. The van der Waals surface area contributed by atoms with Gasteiger partial charge in [0.05, 0.1) is 11.9 Å². The molecule has 0 bridgehead atoms. The Morgan fingerprint density at radius 3 is 1.45 bits per heavy atom. The van der Waals surface area contributed by atoms with Crippen LogP contribution in [0.25, 0.3) is 65.7 Å². The van der Waals surface area contributed by atoms with Gasteiger partial charge in [0.2, 0.25) is 0 Å². The lowest BCUT2D eigenvalue weighted by molar-refractivity contribution is 1.23. The van der Waals surface area contributed by atoms with Crippen LogP contribution in [0.15, 0.2) is 194 Å². The SMILES string of the molecule is c1ccc(N(c2ccc(-c3ccc(-c4c5ccccc5c(-c5cccc6ccccc56)c5ccccc45)cc3)cc2)c2cccnc2)cc1. The predicted molar refractivity (Wildman–Crippen MR) is 208 cm³/mol. The fourth-order valence-corrected chi connectivity index (χ4v) is 7.32. The summed E-state index contributed by atoms with van der Waals surface area (Å²) >= 11 is 0. The molecular weight excluding hydrogens is 593 g/mol. The van der Waals surface area contributed by atoms with Gasteiger partial charge < -0.3 is 4.90 Å². The maximum Gasteiger partial charge on any atom is 0.0644 e. The third-order valence-corrected chi connectivity index (χ3v) is 9.54. The van der Waals surface area contributed by atoms with Crippen LogP contribution < -0.4 is 4.90 Å². The molecule has 0 saturated carbocycles. The number of fused-ring (bicyclic) bond motifs is 3. The van der Waals surface area contributed by atoms with Gasteiger partial charge in [-0.25, -0.2) is 0 Å². The van der Waals surface area contributed by atoms with Crippen molar-refractivity contribution in [3.63, 3.8) is 0 Å². The average molecular weight is 625 g/mol. The summed E-state index contributed by atoms with van der Waals surface area (Å²) in [4.78, 5) is 6.62. The number of anilines is 3. The molecule has 1 aromatic heterocycles. The smallest absolute Gasteiger partial charge is 0.0644 e. The number of para-hydroxylation sites is 1. The Bertz CT molecular complexity index is 2470. The number of hydrogen-bond donors (Lipinski definition) is 0. The summed E-state index contributed by atoms with van der Waals surface area (Å²) in [5, 5.41) is 7.59. The molecule has 0 aliphatic heterocycles. The van der Waals surface area contributed by atoms with Gasteiger partial charge in [0.25, 0.3) is 0 Å². The Morgan fingerprint density at radius 2 is 0.816 bits per heavy atom. The highest BCUT2D eigenvalue weighted by atomic mass is 15.1. The molecule has 230 valence electrons. The summed E-state index contributed by atoms with van der Waals surface area (Å²) in [7, 11) is 0. The van der Waals surface area contributed by atoms with Crippen molar-refractivity contribution in [2.24, 2.45) is 0 Å². The molecule has 9 aromatic rings. The number of hydrogen-bond acceptors (Lipinski definition) is 2. The number of rotatable bonds is 6. The maximum atomic E-state index is 4.38. The van der Waals surface area contributed by atoms with Gasteiger partial charge in [0, 0.05) is 17.6 Å². The van der Waals surface area contributed by atoms with E-state index in [0.717, 1.165) is 17.1 Å². The van der Waals surface area contributed by atoms with E-state index in [1.165, 1.54) is 65.7 Å². The molecule has 0 aliphatic rings. The third kappa shape index (κ3) is 5.11. The molecule has 49 heavy (non-hydrogen) atoms. The van der Waals surface area contributed by atoms with Crippen molar-refractivity contribution in [3.05, 3.63) is 194 Å². The van der Waals surface area contributed by atoms with Gasteiger partial charge in [-0.1, -0.05) is 146 Å². The summed E-state index contributed by atoms with van der Waals surface area (Å²) in [5.41, 5.74) is 10.6. The second-order valence-electron chi connectivity index (χ2n) is 12.4. The van der Waals surface area contributed by atoms with Crippen LogP contribution in [0.1, 0.15) is 0 Å². The number of nitrogens with zero attached hydrogens (tertiary/aromatic N) is 2. The molecule has 1 heterocycles. The van der Waals surface area contributed by atoms with E-state index in [0.29, 0.717) is 0 Å². The zero-order valence-corrected chi connectivity index (χ0v) is 26.9. The van der Waals surface area contributed by atoms with Gasteiger partial charge in [-0.15, -0.1) is 0 Å². The molecule has 0 aliphatic carbocycles. The molecule has 2 nitrogen and oxygen atoms in total. The quantitative estimate of drug-likeness (QED) is 0.171. The molecule has 9 rings (SSSR count). The standard InChI is InChI=1S/C47H32N2/c1-2-14-37(15-3-1)49(39-16-11-31-48-32-39)38-29-27-34(28-30-38)33-23-25-36(26-24-33)46-42-18-6-8-20-44(42)47(45-21-9-7-19-43(45)46)41-22-10-13-35-12-4-5-17-40(35)41/h1-32H. The topological polar surface area (TPSA) is 16.1 Å². The number of benzene rings is 8. The number of aromatic nitrogens is 1. The zero-order chi connectivity index (χ0) is 32.6. The lowest BCUT2D eigenvalue weighted by Crippen LogP contribution is -2.09. The molecule has 0 spiro atoms. The Hall–Kier alpha value is -6.51. The fourth-order valence-electron chi connectivity index (χ4n) is 7.32. The minimum atomic E-state index is 1.02. The molecule has 0 amide bonds. The van der Waals surface area contributed by atoms with Crippen molar-refractivity contribution in [3.8, 4) is 33.4 Å². The van der Waals surface area contributed by atoms with Crippen LogP contribution in [-0.2, 0) is 0 Å². The Balaban J connectivity index is 1.13. The maximum absolute atomic E-state index is 4.38. The molecule has 8 aromatic carbocycles. The first-order chi connectivity index (χ1) is 24.3. The van der Waals surface area contributed by atoms with E-state index in [9.17, 15) is 0 Å². The molecule has 0 N–H and O–H groups in total. The average Bonchev–Trinajstić information content (AvgIpc) is 3.18. The van der Waals surface area contributed by atoms with E-state index in [-0.39, 0.29) is 0 Å². The number of pyridine rings is 1. The summed E-state index contributed by atoms with van der Waals surface area (Å²) < 4.78 is 0. The first-order valence-corrected chi connectivity index (χ1v) is 16.7. The van der Waals surface area contributed by atoms with Gasteiger partial charge in [-0.3, -0.25) is 4.98 Å². The summed E-state index contributed by atoms with van der Waals surface area (Å²) in [6.07, 6.45) is 3.71. The molecule has 0 atom stereocenters. The second kappa shape index (κ2) is 12.3. The van der Waals surface area contributed by atoms with Gasteiger partial charge in [0.15, 0.2) is 0 Å². The first kappa shape index (κ1) is 28.7. The van der Waals surface area contributed by atoms with E-state index in [1.54, 1.807) is 0 Å². The highest BCUT2D eigenvalue weighted by molar-refractivity contribution is 6.23. The van der Waals surface area contributed by atoms with Gasteiger partial charge >= 0.3 is 0 Å². The van der Waals surface area contributed by atoms with Crippen molar-refractivity contribution in [2.75, 3.05) is 4.90 Å². The fraction of sp³-hybridized carbons (Fsp3) is 0. The summed E-state index contributed by atoms with van der Waals surface area (Å²) in [5.74, 6) is 0. The van der Waals surface area contributed by atoms with E-state index < -0.39 is 0 Å². The zero-order valence-electron chi connectivity index (χ0n) is 26.9. The summed E-state index contributed by atoms with van der Waals surface area (Å²) in [6.45, 7) is 0. The van der Waals surface area contributed by atoms with Crippen LogP contribution >= 0.6 is 0 Å². The van der Waals surface area contributed by atoms with Crippen LogP contribution in [0.4, 0.5) is 17.1 Å². The predicted octanol–water partition coefficient (Wildman–Crippen LogP) is 13.0. The van der Waals surface area contributed by atoms with Crippen LogP contribution in [0.3, 0.4) is 0 Å². The third-order valence-electron chi connectivity index (χ3n) is 9.54. The van der Waals surface area contributed by atoms with Crippen LogP contribution in [0.2, 0.25) is 0 Å². The molecule has 0 saturated heterocycles. The van der Waals surface area contributed by atoms with Gasteiger partial charge in [-0.2, -0.15) is 0 Å². The Morgan fingerprint density at radius 1 is 0.327 bits per heavy atom. The van der Waals surface area contributed by atoms with E-state index in [1.807, 2.05) is 24.5 Å². The normalized spacial score (nSPS) is 11.3. The molecular formula is C47H32N2. The molecule has 0 radical (unpaired) electrons. The highest BCUT2D eigenvalue weighted by Gasteiger charge is 2.18. The lowest BCUT2D eigenvalue weighted by atomic mass is 9.84.